The molecule has 2 rings (SSSR count). The van der Waals surface area contributed by atoms with Crippen LogP contribution in [0.2, 0.25) is 0 Å². The molecular formula is C12H15N3O2. The molecule has 1 N–H and O–H groups in total. The van der Waals surface area contributed by atoms with Crippen LogP contribution in [0.1, 0.15) is 17.0 Å². The zero-order valence-corrected chi connectivity index (χ0v) is 10.1. The number of hydrogen-bond donors (Lipinski definition) is 1. The third-order valence-corrected chi connectivity index (χ3v) is 2.61. The highest BCUT2D eigenvalue weighted by Crippen LogP contribution is 2.28. The Morgan fingerprint density at radius 1 is 1.35 bits per heavy atom. The van der Waals surface area contributed by atoms with E-state index in [0.29, 0.717) is 17.2 Å². The summed E-state index contributed by atoms with van der Waals surface area (Å²) in [5, 5.41) is 13.5. The molecular weight excluding hydrogens is 218 g/mol. The van der Waals surface area contributed by atoms with E-state index in [1.807, 2.05) is 26.0 Å². The first kappa shape index (κ1) is 11.6. The number of hydrogen-bond acceptors (Lipinski definition) is 4. The maximum atomic E-state index is 9.31. The molecule has 0 radical (unpaired) electrons. The van der Waals surface area contributed by atoms with Crippen LogP contribution in [0, 0.1) is 13.8 Å². The lowest BCUT2D eigenvalue weighted by atomic mass is 10.2. The number of ether oxygens (including phenoxy) is 1. The number of aromatic nitrogens is 3. The first-order valence-corrected chi connectivity index (χ1v) is 5.36. The van der Waals surface area contributed by atoms with Gasteiger partial charge >= 0.3 is 0 Å². The first-order chi connectivity index (χ1) is 8.13. The molecule has 90 valence electrons. The summed E-state index contributed by atoms with van der Waals surface area (Å²) < 4.78 is 7.38. The van der Waals surface area contributed by atoms with E-state index in [4.69, 9.17) is 4.74 Å². The lowest BCUT2D eigenvalue weighted by molar-refractivity contribution is 0.274. The molecule has 17 heavy (non-hydrogen) atoms. The Labute approximate surface area is 99.7 Å². The van der Waals surface area contributed by atoms with E-state index in [0.717, 1.165) is 11.4 Å². The van der Waals surface area contributed by atoms with Gasteiger partial charge in [-0.3, -0.25) is 4.98 Å². The third-order valence-electron chi connectivity index (χ3n) is 2.61. The molecule has 0 aliphatic heterocycles. The van der Waals surface area contributed by atoms with Crippen LogP contribution in [0.3, 0.4) is 0 Å². The summed E-state index contributed by atoms with van der Waals surface area (Å²) in [6.07, 6.45) is 1.71. The van der Waals surface area contributed by atoms with Gasteiger partial charge < -0.3 is 9.84 Å². The van der Waals surface area contributed by atoms with Gasteiger partial charge in [-0.2, -0.15) is 5.10 Å². The molecule has 5 heteroatoms. The van der Waals surface area contributed by atoms with Crippen molar-refractivity contribution in [3.63, 3.8) is 0 Å². The summed E-state index contributed by atoms with van der Waals surface area (Å²) >= 11 is 0. The second-order valence-corrected chi connectivity index (χ2v) is 3.84. The van der Waals surface area contributed by atoms with E-state index >= 15 is 0 Å². The average Bonchev–Trinajstić information content (AvgIpc) is 2.56. The van der Waals surface area contributed by atoms with Crippen LogP contribution < -0.4 is 4.74 Å². The molecule has 0 spiro atoms. The van der Waals surface area contributed by atoms with Crippen molar-refractivity contribution in [3.8, 4) is 11.6 Å². The van der Waals surface area contributed by atoms with Crippen molar-refractivity contribution in [2.45, 2.75) is 20.5 Å². The normalized spacial score (nSPS) is 10.6. The molecule has 0 saturated carbocycles. The maximum Gasteiger partial charge on any atom is 0.223 e. The van der Waals surface area contributed by atoms with Crippen LogP contribution in [0.25, 0.3) is 0 Å². The maximum absolute atomic E-state index is 9.31. The SMILES string of the molecule is Cc1ncccc1Oc1c(CO)c(C)nn1C. The molecule has 0 fully saturated rings. The topological polar surface area (TPSA) is 60.2 Å². The van der Waals surface area contributed by atoms with Crippen LogP contribution in [0.15, 0.2) is 18.3 Å². The second-order valence-electron chi connectivity index (χ2n) is 3.84. The number of pyridine rings is 1. The van der Waals surface area contributed by atoms with Crippen molar-refractivity contribution >= 4 is 0 Å². The molecule has 0 amide bonds. The molecule has 2 aromatic rings. The monoisotopic (exact) mass is 233 g/mol. The first-order valence-electron chi connectivity index (χ1n) is 5.36. The van der Waals surface area contributed by atoms with E-state index in [-0.39, 0.29) is 6.61 Å². The lowest BCUT2D eigenvalue weighted by Gasteiger charge is -2.09. The fraction of sp³-hybridized carbons (Fsp3) is 0.333. The van der Waals surface area contributed by atoms with E-state index in [9.17, 15) is 5.11 Å². The summed E-state index contributed by atoms with van der Waals surface area (Å²) in [5.41, 5.74) is 2.28. The van der Waals surface area contributed by atoms with Gasteiger partial charge in [0.15, 0.2) is 5.75 Å². The van der Waals surface area contributed by atoms with Crippen LogP contribution in [0.4, 0.5) is 0 Å². The molecule has 2 aromatic heterocycles. The standard InChI is InChI=1S/C12H15N3O2/c1-8-10(7-16)12(15(3)14-8)17-11-5-4-6-13-9(11)2/h4-6,16H,7H2,1-3H3. The Balaban J connectivity index is 2.40. The summed E-state index contributed by atoms with van der Waals surface area (Å²) in [7, 11) is 1.78. The van der Waals surface area contributed by atoms with E-state index in [2.05, 4.69) is 10.1 Å². The van der Waals surface area contributed by atoms with Crippen molar-refractivity contribution in [1.82, 2.24) is 14.8 Å². The number of aliphatic hydroxyl groups is 1. The minimum absolute atomic E-state index is 0.0890. The molecule has 2 heterocycles. The number of aliphatic hydroxyl groups excluding tert-OH is 1. The van der Waals surface area contributed by atoms with Crippen LogP contribution in [-0.2, 0) is 13.7 Å². The second kappa shape index (κ2) is 4.55. The molecule has 0 saturated heterocycles. The minimum atomic E-state index is -0.0890. The zero-order chi connectivity index (χ0) is 12.4. The van der Waals surface area contributed by atoms with Crippen LogP contribution in [-0.4, -0.2) is 19.9 Å². The fourth-order valence-electron chi connectivity index (χ4n) is 1.67. The number of nitrogens with zero attached hydrogens (tertiary/aromatic N) is 3. The van der Waals surface area contributed by atoms with E-state index < -0.39 is 0 Å². The highest BCUT2D eigenvalue weighted by Gasteiger charge is 2.15. The summed E-state index contributed by atoms with van der Waals surface area (Å²) in [4.78, 5) is 4.15. The van der Waals surface area contributed by atoms with Crippen LogP contribution in [0.5, 0.6) is 11.6 Å². The van der Waals surface area contributed by atoms with Gasteiger partial charge in [-0.1, -0.05) is 0 Å². The van der Waals surface area contributed by atoms with Gasteiger partial charge in [0.1, 0.15) is 0 Å². The lowest BCUT2D eigenvalue weighted by Crippen LogP contribution is -1.98. The number of rotatable bonds is 3. The fourth-order valence-corrected chi connectivity index (χ4v) is 1.67. The molecule has 0 aromatic carbocycles. The molecule has 0 aliphatic rings. The summed E-state index contributed by atoms with van der Waals surface area (Å²) in [6.45, 7) is 3.63. The highest BCUT2D eigenvalue weighted by molar-refractivity contribution is 5.36. The minimum Gasteiger partial charge on any atom is -0.437 e. The Kier molecular flexibility index (Phi) is 3.10. The molecule has 0 bridgehead atoms. The van der Waals surface area contributed by atoms with Crippen LogP contribution >= 0.6 is 0 Å². The molecule has 0 aliphatic carbocycles. The van der Waals surface area contributed by atoms with Gasteiger partial charge in [0.25, 0.3) is 0 Å². The largest absolute Gasteiger partial charge is 0.437 e. The van der Waals surface area contributed by atoms with Gasteiger partial charge in [0.2, 0.25) is 5.88 Å². The zero-order valence-electron chi connectivity index (χ0n) is 10.1. The van der Waals surface area contributed by atoms with Gasteiger partial charge in [-0.25, -0.2) is 4.68 Å². The Bertz CT molecular complexity index is 535. The summed E-state index contributed by atoms with van der Waals surface area (Å²) in [6, 6.07) is 3.65. The van der Waals surface area contributed by atoms with Crippen molar-refractivity contribution in [2.75, 3.05) is 0 Å². The smallest absolute Gasteiger partial charge is 0.223 e. The molecule has 0 atom stereocenters. The van der Waals surface area contributed by atoms with Gasteiger partial charge in [-0.15, -0.1) is 0 Å². The van der Waals surface area contributed by atoms with Crippen molar-refractivity contribution in [3.05, 3.63) is 35.3 Å². The average molecular weight is 233 g/mol. The predicted octanol–water partition coefficient (Wildman–Crippen LogP) is 1.72. The quantitative estimate of drug-likeness (QED) is 0.876. The van der Waals surface area contributed by atoms with Crippen molar-refractivity contribution < 1.29 is 9.84 Å². The molecule has 0 unspecified atom stereocenters. The van der Waals surface area contributed by atoms with E-state index in [1.165, 1.54) is 0 Å². The van der Waals surface area contributed by atoms with E-state index in [1.54, 1.807) is 17.9 Å². The predicted molar refractivity (Wildman–Crippen MR) is 62.9 cm³/mol. The summed E-state index contributed by atoms with van der Waals surface area (Å²) in [5.74, 6) is 1.23. The van der Waals surface area contributed by atoms with Gasteiger partial charge in [0, 0.05) is 13.2 Å². The third kappa shape index (κ3) is 2.14. The highest BCUT2D eigenvalue weighted by atomic mass is 16.5. The Hall–Kier alpha value is -1.88. The van der Waals surface area contributed by atoms with Crippen molar-refractivity contribution in [1.29, 1.82) is 0 Å². The Morgan fingerprint density at radius 2 is 2.12 bits per heavy atom. The Morgan fingerprint density at radius 3 is 2.76 bits per heavy atom. The molecule has 5 nitrogen and oxygen atoms in total. The van der Waals surface area contributed by atoms with Crippen molar-refractivity contribution in [2.24, 2.45) is 7.05 Å². The van der Waals surface area contributed by atoms with Gasteiger partial charge in [-0.05, 0) is 26.0 Å². The van der Waals surface area contributed by atoms with Gasteiger partial charge in [0.05, 0.1) is 23.6 Å². The number of aryl methyl sites for hydroxylation is 3.